The summed E-state index contributed by atoms with van der Waals surface area (Å²) < 4.78 is 34.8. The first-order chi connectivity index (χ1) is 12.1. The van der Waals surface area contributed by atoms with Gasteiger partial charge in [0.15, 0.2) is 5.65 Å². The van der Waals surface area contributed by atoms with Crippen molar-refractivity contribution in [3.05, 3.63) is 59.6 Å². The van der Waals surface area contributed by atoms with Crippen LogP contribution in [0.25, 0.3) is 17.0 Å². The highest BCUT2D eigenvalue weighted by Crippen LogP contribution is 2.24. The smallest absolute Gasteiger partial charge is 0.282 e. The number of nitrogens with one attached hydrogen (secondary N) is 1. The van der Waals surface area contributed by atoms with E-state index < -0.39 is 17.1 Å². The largest absolute Gasteiger partial charge is 0.307 e. The average molecular weight is 359 g/mol. The van der Waals surface area contributed by atoms with Crippen molar-refractivity contribution < 1.29 is 8.78 Å². The zero-order valence-corrected chi connectivity index (χ0v) is 13.4. The van der Waals surface area contributed by atoms with Gasteiger partial charge in [-0.25, -0.2) is 28.2 Å². The van der Waals surface area contributed by atoms with Crippen molar-refractivity contribution in [3.8, 4) is 11.4 Å². The Morgan fingerprint density at radius 3 is 2.64 bits per heavy atom. The number of alkyl halides is 2. The van der Waals surface area contributed by atoms with Gasteiger partial charge in [0, 0.05) is 29.3 Å². The Balaban J connectivity index is 1.78. The number of halogens is 2. The first kappa shape index (κ1) is 15.5. The fraction of sp³-hybridized carbons (Fsp3) is 0.0667. The summed E-state index contributed by atoms with van der Waals surface area (Å²) in [6.07, 6.45) is 3.76. The molecule has 0 saturated carbocycles. The Kier molecular flexibility index (Phi) is 3.80. The maximum atomic E-state index is 12.9. The van der Waals surface area contributed by atoms with E-state index in [-0.39, 0.29) is 5.69 Å². The SMILES string of the molecule is N=S1C=CN(c2cc(-c3cnc4ccc(C(F)F)nn34)ncn2)C=C1. The van der Waals surface area contributed by atoms with E-state index in [0.29, 0.717) is 22.9 Å². The van der Waals surface area contributed by atoms with Crippen LogP contribution in [0.5, 0.6) is 0 Å². The molecule has 0 radical (unpaired) electrons. The number of imidazole rings is 1. The molecule has 1 aliphatic heterocycles. The zero-order valence-electron chi connectivity index (χ0n) is 12.6. The van der Waals surface area contributed by atoms with Crippen molar-refractivity contribution >= 4 is 22.2 Å². The molecule has 0 saturated heterocycles. The second-order valence-electron chi connectivity index (χ2n) is 5.08. The summed E-state index contributed by atoms with van der Waals surface area (Å²) in [6.45, 7) is 0. The van der Waals surface area contributed by atoms with E-state index >= 15 is 0 Å². The summed E-state index contributed by atoms with van der Waals surface area (Å²) in [5.41, 5.74) is 1.13. The van der Waals surface area contributed by atoms with Crippen LogP contribution in [0.15, 0.2) is 53.9 Å². The third kappa shape index (κ3) is 2.91. The number of hydrogen-bond acceptors (Lipinski definition) is 6. The first-order valence-corrected chi connectivity index (χ1v) is 8.50. The molecular formula is C15H11F2N7S. The van der Waals surface area contributed by atoms with E-state index in [0.717, 1.165) is 0 Å². The van der Waals surface area contributed by atoms with Gasteiger partial charge in [0.2, 0.25) is 0 Å². The van der Waals surface area contributed by atoms with Crippen LogP contribution in [0.2, 0.25) is 0 Å². The van der Waals surface area contributed by atoms with Gasteiger partial charge in [-0.05, 0) is 12.1 Å². The predicted octanol–water partition coefficient (Wildman–Crippen LogP) is 3.27. The summed E-state index contributed by atoms with van der Waals surface area (Å²) in [5.74, 6) is 0.592. The van der Waals surface area contributed by atoms with Crippen LogP contribution < -0.4 is 4.90 Å². The zero-order chi connectivity index (χ0) is 17.4. The van der Waals surface area contributed by atoms with E-state index in [1.165, 1.54) is 29.2 Å². The van der Waals surface area contributed by atoms with Crippen molar-refractivity contribution in [2.24, 2.45) is 0 Å². The van der Waals surface area contributed by atoms with Crippen LogP contribution in [0.3, 0.4) is 0 Å². The van der Waals surface area contributed by atoms with E-state index in [9.17, 15) is 8.78 Å². The van der Waals surface area contributed by atoms with Gasteiger partial charge in [0.1, 0.15) is 23.5 Å². The Morgan fingerprint density at radius 1 is 1.08 bits per heavy atom. The molecule has 0 unspecified atom stereocenters. The lowest BCUT2D eigenvalue weighted by molar-refractivity contribution is 0.144. The molecule has 0 fully saturated rings. The Labute approximate surface area is 143 Å². The maximum Gasteiger partial charge on any atom is 0.282 e. The molecule has 0 atom stereocenters. The van der Waals surface area contributed by atoms with Gasteiger partial charge >= 0.3 is 0 Å². The van der Waals surface area contributed by atoms with E-state index in [1.807, 2.05) is 0 Å². The number of hydrogen-bond donors (Lipinski definition) is 1. The number of nitrogens with zero attached hydrogens (tertiary/aromatic N) is 6. The number of aromatic nitrogens is 5. The van der Waals surface area contributed by atoms with Crippen LogP contribution >= 0.6 is 0 Å². The average Bonchev–Trinajstić information content (AvgIpc) is 3.05. The summed E-state index contributed by atoms with van der Waals surface area (Å²) in [4.78, 5) is 14.3. The number of fused-ring (bicyclic) bond motifs is 1. The molecule has 1 N–H and O–H groups in total. The fourth-order valence-electron chi connectivity index (χ4n) is 2.32. The molecule has 7 nitrogen and oxygen atoms in total. The predicted molar refractivity (Wildman–Crippen MR) is 89.8 cm³/mol. The molecular weight excluding hydrogens is 348 g/mol. The normalized spacial score (nSPS) is 14.8. The quantitative estimate of drug-likeness (QED) is 0.776. The minimum atomic E-state index is -2.66. The number of anilines is 1. The van der Waals surface area contributed by atoms with Crippen LogP contribution in [0, 0.1) is 4.78 Å². The van der Waals surface area contributed by atoms with E-state index in [4.69, 9.17) is 4.78 Å². The monoisotopic (exact) mass is 359 g/mol. The molecule has 0 amide bonds. The van der Waals surface area contributed by atoms with Gasteiger partial charge in [-0.15, -0.1) is 0 Å². The van der Waals surface area contributed by atoms with Gasteiger partial charge in [0.25, 0.3) is 6.43 Å². The highest BCUT2D eigenvalue weighted by molar-refractivity contribution is 7.91. The molecule has 0 bridgehead atoms. The standard InChI is InChI=1S/C15H11F2N7S/c16-15(17)10-1-2-13-19-8-12(24(13)22-10)11-7-14(21-9-20-11)23-3-5-25(18)6-4-23/h1-9,15,18H. The van der Waals surface area contributed by atoms with Crippen molar-refractivity contribution in [2.75, 3.05) is 4.90 Å². The van der Waals surface area contributed by atoms with E-state index in [1.54, 1.807) is 34.2 Å². The first-order valence-electron chi connectivity index (χ1n) is 7.15. The minimum Gasteiger partial charge on any atom is -0.307 e. The van der Waals surface area contributed by atoms with Crippen LogP contribution in [0.4, 0.5) is 14.6 Å². The molecule has 126 valence electrons. The third-order valence-electron chi connectivity index (χ3n) is 3.52. The maximum absolute atomic E-state index is 12.9. The van der Waals surface area contributed by atoms with Gasteiger partial charge < -0.3 is 4.90 Å². The van der Waals surface area contributed by atoms with Crippen LogP contribution in [-0.2, 0) is 10.7 Å². The third-order valence-corrected chi connectivity index (χ3v) is 4.35. The van der Waals surface area contributed by atoms with Gasteiger partial charge in [0.05, 0.1) is 11.9 Å². The molecule has 1 aliphatic rings. The molecule has 3 aromatic heterocycles. The molecule has 10 heteroatoms. The van der Waals surface area contributed by atoms with Crippen molar-refractivity contribution in [2.45, 2.75) is 6.43 Å². The lowest BCUT2D eigenvalue weighted by Crippen LogP contribution is -2.12. The number of rotatable bonds is 3. The lowest BCUT2D eigenvalue weighted by Gasteiger charge is -2.17. The molecule has 0 aliphatic carbocycles. The second-order valence-corrected chi connectivity index (χ2v) is 6.37. The molecule has 4 heterocycles. The van der Waals surface area contributed by atoms with Crippen molar-refractivity contribution in [3.63, 3.8) is 0 Å². The molecule has 3 aromatic rings. The molecule has 25 heavy (non-hydrogen) atoms. The summed E-state index contributed by atoms with van der Waals surface area (Å²) in [7, 11) is -0.637. The highest BCUT2D eigenvalue weighted by Gasteiger charge is 2.15. The Hall–Kier alpha value is -3.01. The van der Waals surface area contributed by atoms with Gasteiger partial charge in [-0.1, -0.05) is 10.7 Å². The summed E-state index contributed by atoms with van der Waals surface area (Å²) in [5, 5.41) is 7.43. The minimum absolute atomic E-state index is 0.328. The van der Waals surface area contributed by atoms with Gasteiger partial charge in [-0.2, -0.15) is 5.10 Å². The highest BCUT2D eigenvalue weighted by atomic mass is 32.2. The van der Waals surface area contributed by atoms with Crippen molar-refractivity contribution in [1.29, 1.82) is 4.78 Å². The second kappa shape index (κ2) is 6.13. The summed E-state index contributed by atoms with van der Waals surface area (Å²) >= 11 is 0. The van der Waals surface area contributed by atoms with Crippen LogP contribution in [-0.4, -0.2) is 24.6 Å². The fourth-order valence-corrected chi connectivity index (χ4v) is 2.93. The topological polar surface area (TPSA) is 83.1 Å². The van der Waals surface area contributed by atoms with Crippen molar-refractivity contribution in [1.82, 2.24) is 24.6 Å². The van der Waals surface area contributed by atoms with E-state index in [2.05, 4.69) is 20.1 Å². The van der Waals surface area contributed by atoms with Crippen LogP contribution in [0.1, 0.15) is 12.1 Å². The Morgan fingerprint density at radius 2 is 1.88 bits per heavy atom. The summed E-state index contributed by atoms with van der Waals surface area (Å²) in [6, 6.07) is 4.46. The Bertz CT molecular complexity index is 1010. The molecule has 0 spiro atoms. The molecule has 4 rings (SSSR count). The lowest BCUT2D eigenvalue weighted by atomic mass is 10.3. The molecule has 0 aromatic carbocycles. The van der Waals surface area contributed by atoms with Gasteiger partial charge in [-0.3, -0.25) is 4.78 Å².